The highest BCUT2D eigenvalue weighted by molar-refractivity contribution is 5.96. The fourth-order valence-electron chi connectivity index (χ4n) is 2.17. The smallest absolute Gasteiger partial charge is 0.343 e. The van der Waals surface area contributed by atoms with Gasteiger partial charge in [-0.3, -0.25) is 4.79 Å². The fourth-order valence-corrected chi connectivity index (χ4v) is 2.17. The van der Waals surface area contributed by atoms with Crippen LogP contribution in [0.5, 0.6) is 5.75 Å². The molecule has 1 aromatic rings. The highest BCUT2D eigenvalue weighted by Gasteiger charge is 2.47. The number of nitrogens with zero attached hydrogens (tertiary/aromatic N) is 2. The highest BCUT2D eigenvalue weighted by Crippen LogP contribution is 2.28. The van der Waals surface area contributed by atoms with Crippen LogP contribution in [0.4, 0.5) is 4.39 Å². The molecule has 0 aromatic carbocycles. The standard InChI is InChI=1S/C14H17FN2O4/c1-9(2)21-10-4-3-6-16-11(10)12(18)17-7-5-14(15,8-17)13(19)20/h3-4,6,9H,5,7-8H2,1-2H3,(H,19,20). The molecule has 114 valence electrons. The van der Waals surface area contributed by atoms with Gasteiger partial charge in [-0.05, 0) is 26.0 Å². The molecule has 1 fully saturated rings. The summed E-state index contributed by atoms with van der Waals surface area (Å²) >= 11 is 0. The number of carbonyl (C=O) groups excluding carboxylic acids is 1. The lowest BCUT2D eigenvalue weighted by atomic mass is 10.1. The summed E-state index contributed by atoms with van der Waals surface area (Å²) in [4.78, 5) is 28.4. The summed E-state index contributed by atoms with van der Waals surface area (Å²) in [5.41, 5.74) is -2.32. The van der Waals surface area contributed by atoms with Gasteiger partial charge in [-0.1, -0.05) is 0 Å². The molecule has 1 unspecified atom stereocenters. The molecule has 0 radical (unpaired) electrons. The summed E-state index contributed by atoms with van der Waals surface area (Å²) in [6, 6.07) is 3.24. The molecular weight excluding hydrogens is 279 g/mol. The average Bonchev–Trinajstić information content (AvgIpc) is 2.82. The van der Waals surface area contributed by atoms with Crippen LogP contribution in [0.2, 0.25) is 0 Å². The molecule has 21 heavy (non-hydrogen) atoms. The number of ether oxygens (including phenoxy) is 1. The van der Waals surface area contributed by atoms with Crippen LogP contribution in [0, 0.1) is 0 Å². The number of alkyl halides is 1. The van der Waals surface area contributed by atoms with E-state index in [0.717, 1.165) is 4.90 Å². The van der Waals surface area contributed by atoms with Crippen molar-refractivity contribution >= 4 is 11.9 Å². The van der Waals surface area contributed by atoms with Gasteiger partial charge in [-0.25, -0.2) is 14.2 Å². The van der Waals surface area contributed by atoms with E-state index in [1.807, 2.05) is 13.8 Å². The van der Waals surface area contributed by atoms with Crippen LogP contribution in [0.1, 0.15) is 30.8 Å². The van der Waals surface area contributed by atoms with E-state index in [1.165, 1.54) is 6.20 Å². The van der Waals surface area contributed by atoms with Crippen LogP contribution in [-0.2, 0) is 4.79 Å². The molecule has 7 heteroatoms. The summed E-state index contributed by atoms with van der Waals surface area (Å²) in [5.74, 6) is -1.76. The summed E-state index contributed by atoms with van der Waals surface area (Å²) in [7, 11) is 0. The first-order valence-electron chi connectivity index (χ1n) is 6.67. The maximum Gasteiger partial charge on any atom is 0.343 e. The van der Waals surface area contributed by atoms with Crippen molar-refractivity contribution in [2.45, 2.75) is 32.0 Å². The van der Waals surface area contributed by atoms with Crippen molar-refractivity contribution in [1.29, 1.82) is 0 Å². The molecule has 1 amide bonds. The van der Waals surface area contributed by atoms with Crippen molar-refractivity contribution in [3.05, 3.63) is 24.0 Å². The minimum absolute atomic E-state index is 0.0410. The van der Waals surface area contributed by atoms with Crippen LogP contribution in [0.25, 0.3) is 0 Å². The van der Waals surface area contributed by atoms with Crippen molar-refractivity contribution < 1.29 is 23.8 Å². The maximum atomic E-state index is 14.0. The van der Waals surface area contributed by atoms with Gasteiger partial charge in [0.1, 0.15) is 0 Å². The molecule has 1 saturated heterocycles. The summed E-state index contributed by atoms with van der Waals surface area (Å²) in [6.45, 7) is 3.19. The molecular formula is C14H17FN2O4. The number of likely N-dealkylation sites (tertiary alicyclic amines) is 1. The number of carboxylic acids is 1. The Labute approximate surface area is 121 Å². The van der Waals surface area contributed by atoms with E-state index in [-0.39, 0.29) is 24.8 Å². The third kappa shape index (κ3) is 3.12. The SMILES string of the molecule is CC(C)Oc1cccnc1C(=O)N1CCC(F)(C(=O)O)C1. The molecule has 1 N–H and O–H groups in total. The number of rotatable bonds is 4. The number of pyridine rings is 1. The molecule has 0 saturated carbocycles. The zero-order chi connectivity index (χ0) is 15.6. The number of amides is 1. The molecule has 1 aromatic heterocycles. The Balaban J connectivity index is 2.20. The molecule has 6 nitrogen and oxygen atoms in total. The Bertz CT molecular complexity index is 564. The van der Waals surface area contributed by atoms with Gasteiger partial charge in [0, 0.05) is 19.2 Å². The van der Waals surface area contributed by atoms with Gasteiger partial charge in [-0.2, -0.15) is 0 Å². The van der Waals surface area contributed by atoms with Crippen molar-refractivity contribution in [2.75, 3.05) is 13.1 Å². The zero-order valence-electron chi connectivity index (χ0n) is 11.9. The normalized spacial score (nSPS) is 21.6. The largest absolute Gasteiger partial charge is 0.489 e. The van der Waals surface area contributed by atoms with Gasteiger partial charge in [0.25, 0.3) is 5.91 Å². The number of hydrogen-bond donors (Lipinski definition) is 1. The molecule has 0 bridgehead atoms. The second-order valence-electron chi connectivity index (χ2n) is 5.26. The van der Waals surface area contributed by atoms with Crippen LogP contribution in [0.3, 0.4) is 0 Å². The van der Waals surface area contributed by atoms with E-state index in [2.05, 4.69) is 4.98 Å². The predicted molar refractivity (Wildman–Crippen MR) is 72.0 cm³/mol. The second-order valence-corrected chi connectivity index (χ2v) is 5.26. The summed E-state index contributed by atoms with van der Waals surface area (Å²) in [6.07, 6.45) is 1.08. The van der Waals surface area contributed by atoms with Gasteiger partial charge >= 0.3 is 5.97 Å². The predicted octanol–water partition coefficient (Wildman–Crippen LogP) is 1.51. The number of hydrogen-bond acceptors (Lipinski definition) is 4. The molecule has 0 aliphatic carbocycles. The molecule has 0 spiro atoms. The Morgan fingerprint density at radius 3 is 2.81 bits per heavy atom. The first-order chi connectivity index (χ1) is 9.83. The number of halogens is 1. The van der Waals surface area contributed by atoms with Crippen molar-refractivity contribution in [2.24, 2.45) is 0 Å². The Morgan fingerprint density at radius 2 is 2.24 bits per heavy atom. The lowest BCUT2D eigenvalue weighted by Crippen LogP contribution is -2.39. The maximum absolute atomic E-state index is 14.0. The first-order valence-corrected chi connectivity index (χ1v) is 6.67. The van der Waals surface area contributed by atoms with Gasteiger partial charge in [0.2, 0.25) is 5.67 Å². The topological polar surface area (TPSA) is 79.7 Å². The van der Waals surface area contributed by atoms with Gasteiger partial charge < -0.3 is 14.7 Å². The zero-order valence-corrected chi connectivity index (χ0v) is 11.9. The van der Waals surface area contributed by atoms with E-state index in [4.69, 9.17) is 9.84 Å². The Hall–Kier alpha value is -2.18. The van der Waals surface area contributed by atoms with Crippen LogP contribution < -0.4 is 4.74 Å². The number of aliphatic carboxylic acids is 1. The van der Waals surface area contributed by atoms with Gasteiger partial charge in [-0.15, -0.1) is 0 Å². The summed E-state index contributed by atoms with van der Waals surface area (Å²) < 4.78 is 19.5. The number of aromatic nitrogens is 1. The van der Waals surface area contributed by atoms with Gasteiger partial charge in [0.15, 0.2) is 11.4 Å². The van der Waals surface area contributed by atoms with Gasteiger partial charge in [0.05, 0.1) is 12.6 Å². The van der Waals surface area contributed by atoms with Crippen LogP contribution in [0.15, 0.2) is 18.3 Å². The van der Waals surface area contributed by atoms with E-state index in [0.29, 0.717) is 5.75 Å². The van der Waals surface area contributed by atoms with Crippen molar-refractivity contribution in [1.82, 2.24) is 9.88 Å². The molecule has 2 heterocycles. The Kier molecular flexibility index (Phi) is 4.11. The molecule has 2 rings (SSSR count). The molecule has 1 atom stereocenters. The lowest BCUT2D eigenvalue weighted by Gasteiger charge is -2.19. The minimum atomic E-state index is -2.39. The van der Waals surface area contributed by atoms with Crippen molar-refractivity contribution in [3.8, 4) is 5.75 Å². The van der Waals surface area contributed by atoms with E-state index in [1.54, 1.807) is 12.1 Å². The van der Waals surface area contributed by atoms with E-state index >= 15 is 0 Å². The highest BCUT2D eigenvalue weighted by atomic mass is 19.1. The molecule has 1 aliphatic rings. The molecule has 1 aliphatic heterocycles. The number of carbonyl (C=O) groups is 2. The fraction of sp³-hybridized carbons (Fsp3) is 0.500. The third-order valence-corrected chi connectivity index (χ3v) is 3.23. The summed E-state index contributed by atoms with van der Waals surface area (Å²) in [5, 5.41) is 8.86. The van der Waals surface area contributed by atoms with E-state index in [9.17, 15) is 14.0 Å². The minimum Gasteiger partial charge on any atom is -0.489 e. The quantitative estimate of drug-likeness (QED) is 0.911. The van der Waals surface area contributed by atoms with E-state index < -0.39 is 24.1 Å². The Morgan fingerprint density at radius 1 is 1.52 bits per heavy atom. The van der Waals surface area contributed by atoms with Crippen LogP contribution in [-0.4, -0.2) is 51.7 Å². The third-order valence-electron chi connectivity index (χ3n) is 3.23. The first kappa shape index (κ1) is 15.2. The van der Waals surface area contributed by atoms with Crippen molar-refractivity contribution in [3.63, 3.8) is 0 Å². The average molecular weight is 296 g/mol. The second kappa shape index (κ2) is 5.67. The number of carboxylic acid groups (broad SMARTS) is 1. The monoisotopic (exact) mass is 296 g/mol. The van der Waals surface area contributed by atoms with Crippen LogP contribution >= 0.6 is 0 Å². The lowest BCUT2D eigenvalue weighted by molar-refractivity contribution is -0.149.